The van der Waals surface area contributed by atoms with Gasteiger partial charge in [-0.1, -0.05) is 28.1 Å². The van der Waals surface area contributed by atoms with Gasteiger partial charge in [0.25, 0.3) is 5.91 Å². The summed E-state index contributed by atoms with van der Waals surface area (Å²) >= 11 is 3.42. The second-order valence-electron chi connectivity index (χ2n) is 4.99. The standard InChI is InChI=1S/C17H17BrFNO/c1-11-10-14(19)7-6-13(11)8-9-20-17(21)15-4-3-5-16(18)12(15)2/h3-7,10H,8-9H2,1-2H3,(H,20,21). The summed E-state index contributed by atoms with van der Waals surface area (Å²) in [6.45, 7) is 4.30. The molecule has 0 bridgehead atoms. The van der Waals surface area contributed by atoms with Crippen molar-refractivity contribution in [1.82, 2.24) is 5.32 Å². The highest BCUT2D eigenvalue weighted by atomic mass is 79.9. The van der Waals surface area contributed by atoms with E-state index in [4.69, 9.17) is 0 Å². The van der Waals surface area contributed by atoms with Crippen molar-refractivity contribution in [1.29, 1.82) is 0 Å². The lowest BCUT2D eigenvalue weighted by molar-refractivity contribution is 0.0953. The van der Waals surface area contributed by atoms with E-state index in [-0.39, 0.29) is 11.7 Å². The molecule has 0 radical (unpaired) electrons. The first-order valence-corrected chi connectivity index (χ1v) is 7.56. The number of carbonyl (C=O) groups excluding carboxylic acids is 1. The lowest BCUT2D eigenvalue weighted by Crippen LogP contribution is -2.26. The SMILES string of the molecule is Cc1cc(F)ccc1CCNC(=O)c1cccc(Br)c1C. The monoisotopic (exact) mass is 349 g/mol. The number of amides is 1. The maximum Gasteiger partial charge on any atom is 0.251 e. The second kappa shape index (κ2) is 6.85. The van der Waals surface area contributed by atoms with Gasteiger partial charge in [0.15, 0.2) is 0 Å². The molecule has 0 aliphatic carbocycles. The average molecular weight is 350 g/mol. The Bertz CT molecular complexity index is 670. The molecule has 0 atom stereocenters. The van der Waals surface area contributed by atoms with Crippen LogP contribution in [0.2, 0.25) is 0 Å². The van der Waals surface area contributed by atoms with Crippen LogP contribution in [0.4, 0.5) is 4.39 Å². The van der Waals surface area contributed by atoms with Gasteiger partial charge in [-0.25, -0.2) is 4.39 Å². The van der Waals surface area contributed by atoms with E-state index < -0.39 is 0 Å². The fourth-order valence-electron chi connectivity index (χ4n) is 2.20. The third-order valence-corrected chi connectivity index (χ3v) is 4.36. The lowest BCUT2D eigenvalue weighted by atomic mass is 10.1. The molecular formula is C17H17BrFNO. The Kier molecular flexibility index (Phi) is 5.12. The van der Waals surface area contributed by atoms with Gasteiger partial charge in [-0.05, 0) is 61.2 Å². The third-order valence-electron chi connectivity index (χ3n) is 3.50. The number of nitrogens with one attached hydrogen (secondary N) is 1. The minimum atomic E-state index is -0.231. The van der Waals surface area contributed by atoms with Gasteiger partial charge in [-0.15, -0.1) is 0 Å². The Morgan fingerprint density at radius 2 is 2.00 bits per heavy atom. The van der Waals surface area contributed by atoms with E-state index in [1.807, 2.05) is 26.0 Å². The first-order valence-electron chi connectivity index (χ1n) is 6.77. The predicted molar refractivity (Wildman–Crippen MR) is 86.1 cm³/mol. The Hall–Kier alpha value is -1.68. The van der Waals surface area contributed by atoms with E-state index in [0.29, 0.717) is 18.5 Å². The van der Waals surface area contributed by atoms with Crippen molar-refractivity contribution in [2.45, 2.75) is 20.3 Å². The Balaban J connectivity index is 1.97. The molecule has 0 fully saturated rings. The van der Waals surface area contributed by atoms with Gasteiger partial charge in [0.1, 0.15) is 5.82 Å². The summed E-state index contributed by atoms with van der Waals surface area (Å²) in [6.07, 6.45) is 0.685. The number of rotatable bonds is 4. The lowest BCUT2D eigenvalue weighted by Gasteiger charge is -2.10. The van der Waals surface area contributed by atoms with Crippen molar-refractivity contribution in [3.05, 3.63) is 68.9 Å². The molecule has 21 heavy (non-hydrogen) atoms. The van der Waals surface area contributed by atoms with Crippen LogP contribution in [0.25, 0.3) is 0 Å². The molecule has 0 unspecified atom stereocenters. The van der Waals surface area contributed by atoms with Crippen LogP contribution in [0.3, 0.4) is 0 Å². The molecule has 0 aliphatic heterocycles. The first-order chi connectivity index (χ1) is 9.99. The van der Waals surface area contributed by atoms with E-state index >= 15 is 0 Å². The van der Waals surface area contributed by atoms with Crippen molar-refractivity contribution in [2.24, 2.45) is 0 Å². The van der Waals surface area contributed by atoms with Crippen LogP contribution in [-0.2, 0) is 6.42 Å². The molecule has 0 saturated carbocycles. The van der Waals surface area contributed by atoms with Gasteiger partial charge in [0.05, 0.1) is 0 Å². The van der Waals surface area contributed by atoms with Crippen molar-refractivity contribution < 1.29 is 9.18 Å². The smallest absolute Gasteiger partial charge is 0.251 e. The van der Waals surface area contributed by atoms with Crippen LogP contribution in [-0.4, -0.2) is 12.5 Å². The molecule has 2 rings (SSSR count). The maximum atomic E-state index is 13.0. The molecule has 0 spiro atoms. The van der Waals surface area contributed by atoms with Crippen molar-refractivity contribution in [2.75, 3.05) is 6.54 Å². The largest absolute Gasteiger partial charge is 0.352 e. The fourth-order valence-corrected chi connectivity index (χ4v) is 2.57. The van der Waals surface area contributed by atoms with Crippen LogP contribution in [0.1, 0.15) is 27.0 Å². The highest BCUT2D eigenvalue weighted by Crippen LogP contribution is 2.19. The van der Waals surface area contributed by atoms with Crippen LogP contribution >= 0.6 is 15.9 Å². The highest BCUT2D eigenvalue weighted by molar-refractivity contribution is 9.10. The van der Waals surface area contributed by atoms with Gasteiger partial charge < -0.3 is 5.32 Å². The second-order valence-corrected chi connectivity index (χ2v) is 5.84. The number of hydrogen-bond donors (Lipinski definition) is 1. The third kappa shape index (κ3) is 3.91. The number of hydrogen-bond acceptors (Lipinski definition) is 1. The Morgan fingerprint density at radius 3 is 2.71 bits per heavy atom. The molecule has 110 valence electrons. The minimum Gasteiger partial charge on any atom is -0.352 e. The molecule has 2 aromatic carbocycles. The van der Waals surface area contributed by atoms with E-state index in [2.05, 4.69) is 21.2 Å². The molecule has 0 saturated heterocycles. The van der Waals surface area contributed by atoms with Gasteiger partial charge in [0, 0.05) is 16.6 Å². The zero-order chi connectivity index (χ0) is 15.4. The van der Waals surface area contributed by atoms with E-state index in [1.54, 1.807) is 12.1 Å². The molecule has 0 aliphatic rings. The molecule has 2 nitrogen and oxygen atoms in total. The summed E-state index contributed by atoms with van der Waals surface area (Å²) in [5.41, 5.74) is 3.54. The highest BCUT2D eigenvalue weighted by Gasteiger charge is 2.10. The summed E-state index contributed by atoms with van der Waals surface area (Å²) in [5.74, 6) is -0.321. The Labute approximate surface area is 132 Å². The summed E-state index contributed by atoms with van der Waals surface area (Å²) < 4.78 is 13.9. The van der Waals surface area contributed by atoms with Crippen molar-refractivity contribution in [3.63, 3.8) is 0 Å². The zero-order valence-electron chi connectivity index (χ0n) is 12.0. The number of carbonyl (C=O) groups is 1. The number of aryl methyl sites for hydroxylation is 1. The molecule has 0 aromatic heterocycles. The van der Waals surface area contributed by atoms with Crippen LogP contribution in [0.15, 0.2) is 40.9 Å². The molecule has 0 heterocycles. The minimum absolute atomic E-state index is 0.0893. The van der Waals surface area contributed by atoms with Gasteiger partial charge >= 0.3 is 0 Å². The van der Waals surface area contributed by atoms with Crippen molar-refractivity contribution >= 4 is 21.8 Å². The topological polar surface area (TPSA) is 29.1 Å². The quantitative estimate of drug-likeness (QED) is 0.881. The van der Waals surface area contributed by atoms with Crippen LogP contribution in [0.5, 0.6) is 0 Å². The number of halogens is 2. The fraction of sp³-hybridized carbons (Fsp3) is 0.235. The molecule has 1 N–H and O–H groups in total. The molecule has 1 amide bonds. The van der Waals surface area contributed by atoms with E-state index in [0.717, 1.165) is 21.2 Å². The summed E-state index contributed by atoms with van der Waals surface area (Å²) in [6, 6.07) is 10.3. The predicted octanol–water partition coefficient (Wildman–Crippen LogP) is 4.18. The Morgan fingerprint density at radius 1 is 1.24 bits per heavy atom. The van der Waals surface area contributed by atoms with E-state index in [1.165, 1.54) is 12.1 Å². The number of benzene rings is 2. The average Bonchev–Trinajstić information content (AvgIpc) is 2.44. The normalized spacial score (nSPS) is 10.5. The van der Waals surface area contributed by atoms with Gasteiger partial charge in [-0.3, -0.25) is 4.79 Å². The molecule has 4 heteroatoms. The molecular weight excluding hydrogens is 333 g/mol. The maximum absolute atomic E-state index is 13.0. The summed E-state index contributed by atoms with van der Waals surface area (Å²) in [4.78, 5) is 12.2. The zero-order valence-corrected chi connectivity index (χ0v) is 13.6. The van der Waals surface area contributed by atoms with Gasteiger partial charge in [-0.2, -0.15) is 0 Å². The van der Waals surface area contributed by atoms with Crippen molar-refractivity contribution in [3.8, 4) is 0 Å². The summed E-state index contributed by atoms with van der Waals surface area (Å²) in [5, 5.41) is 2.90. The summed E-state index contributed by atoms with van der Waals surface area (Å²) in [7, 11) is 0. The van der Waals surface area contributed by atoms with Crippen LogP contribution < -0.4 is 5.32 Å². The van der Waals surface area contributed by atoms with Gasteiger partial charge in [0.2, 0.25) is 0 Å². The molecule has 2 aromatic rings. The van der Waals surface area contributed by atoms with Crippen LogP contribution in [0, 0.1) is 19.7 Å². The van der Waals surface area contributed by atoms with E-state index in [9.17, 15) is 9.18 Å². The first kappa shape index (κ1) is 15.7.